The molecule has 0 atom stereocenters. The lowest BCUT2D eigenvalue weighted by molar-refractivity contribution is -0.140. The topological polar surface area (TPSA) is 54.5 Å². The molecule has 0 aromatic carbocycles. The van der Waals surface area contributed by atoms with Crippen molar-refractivity contribution in [1.82, 2.24) is 15.2 Å². The fourth-order valence-corrected chi connectivity index (χ4v) is 4.06. The van der Waals surface area contributed by atoms with Gasteiger partial charge in [-0.25, -0.2) is 0 Å². The predicted octanol–water partition coefficient (Wildman–Crippen LogP) is 2.35. The van der Waals surface area contributed by atoms with E-state index in [4.69, 9.17) is 4.74 Å². The molecule has 5 nitrogen and oxygen atoms in total. The number of pyridine rings is 1. The lowest BCUT2D eigenvalue weighted by Gasteiger charge is -2.46. The number of ether oxygens (including phenoxy) is 1. The highest BCUT2D eigenvalue weighted by Crippen LogP contribution is 2.34. The average molecular weight is 331 g/mol. The van der Waals surface area contributed by atoms with Crippen LogP contribution in [0.4, 0.5) is 0 Å². The van der Waals surface area contributed by atoms with Gasteiger partial charge in [0.25, 0.3) is 0 Å². The first-order valence-corrected chi connectivity index (χ1v) is 9.15. The number of carbonyl (C=O) groups excluding carboxylic acids is 1. The van der Waals surface area contributed by atoms with Crippen LogP contribution in [-0.2, 0) is 16.1 Å². The summed E-state index contributed by atoms with van der Waals surface area (Å²) in [5, 5.41) is 3.21. The maximum absolute atomic E-state index is 13.2. The van der Waals surface area contributed by atoms with Crippen molar-refractivity contribution >= 4 is 5.91 Å². The van der Waals surface area contributed by atoms with Crippen molar-refractivity contribution < 1.29 is 9.53 Å². The largest absolute Gasteiger partial charge is 0.379 e. The van der Waals surface area contributed by atoms with Gasteiger partial charge in [-0.05, 0) is 43.9 Å². The Morgan fingerprint density at radius 3 is 2.62 bits per heavy atom. The first-order valence-electron chi connectivity index (χ1n) is 9.15. The summed E-state index contributed by atoms with van der Waals surface area (Å²) in [7, 11) is 0. The lowest BCUT2D eigenvalue weighted by atomic mass is 9.79. The zero-order valence-electron chi connectivity index (χ0n) is 14.9. The van der Waals surface area contributed by atoms with Crippen LogP contribution >= 0.6 is 0 Å². The van der Waals surface area contributed by atoms with E-state index in [-0.39, 0.29) is 11.4 Å². The van der Waals surface area contributed by atoms with Crippen LogP contribution in [0, 0.1) is 13.8 Å². The average Bonchev–Trinajstić information content (AvgIpc) is 2.62. The lowest BCUT2D eigenvalue weighted by Crippen LogP contribution is -2.62. The highest BCUT2D eigenvalue weighted by molar-refractivity contribution is 5.86. The van der Waals surface area contributed by atoms with Crippen molar-refractivity contribution in [1.29, 1.82) is 0 Å². The number of amides is 1. The highest BCUT2D eigenvalue weighted by Gasteiger charge is 2.44. The number of morpholine rings is 1. The maximum atomic E-state index is 13.2. The molecule has 1 aliphatic heterocycles. The molecule has 2 heterocycles. The highest BCUT2D eigenvalue weighted by atomic mass is 16.5. The molecular weight excluding hydrogens is 302 g/mol. The van der Waals surface area contributed by atoms with Crippen LogP contribution < -0.4 is 5.32 Å². The second-order valence-corrected chi connectivity index (χ2v) is 7.13. The first kappa shape index (κ1) is 17.4. The molecule has 3 rings (SSSR count). The van der Waals surface area contributed by atoms with Gasteiger partial charge in [0.15, 0.2) is 0 Å². The third-order valence-corrected chi connectivity index (χ3v) is 5.52. The zero-order valence-corrected chi connectivity index (χ0v) is 14.9. The van der Waals surface area contributed by atoms with Crippen molar-refractivity contribution in [3.63, 3.8) is 0 Å². The van der Waals surface area contributed by atoms with Gasteiger partial charge in [0.1, 0.15) is 5.54 Å². The van der Waals surface area contributed by atoms with E-state index >= 15 is 0 Å². The minimum absolute atomic E-state index is 0.184. The van der Waals surface area contributed by atoms with Crippen LogP contribution in [0.5, 0.6) is 0 Å². The maximum Gasteiger partial charge on any atom is 0.240 e. The summed E-state index contributed by atoms with van der Waals surface area (Å²) in [5.74, 6) is 0.184. The van der Waals surface area contributed by atoms with Gasteiger partial charge < -0.3 is 10.1 Å². The van der Waals surface area contributed by atoms with Gasteiger partial charge in [-0.15, -0.1) is 0 Å². The van der Waals surface area contributed by atoms with E-state index in [0.717, 1.165) is 63.2 Å². The van der Waals surface area contributed by atoms with E-state index in [1.165, 1.54) is 12.0 Å². The van der Waals surface area contributed by atoms with Crippen molar-refractivity contribution in [2.24, 2.45) is 0 Å². The van der Waals surface area contributed by atoms with Gasteiger partial charge in [0.05, 0.1) is 13.2 Å². The Morgan fingerprint density at radius 2 is 1.96 bits per heavy atom. The number of nitrogens with one attached hydrogen (secondary N) is 1. The number of aryl methyl sites for hydroxylation is 2. The molecule has 2 aliphatic rings. The van der Waals surface area contributed by atoms with Gasteiger partial charge in [-0.2, -0.15) is 0 Å². The summed E-state index contributed by atoms with van der Waals surface area (Å²) in [6.07, 6.45) is 7.31. The molecule has 0 spiro atoms. The second kappa shape index (κ2) is 7.62. The Bertz CT molecular complexity index is 576. The van der Waals surface area contributed by atoms with Crippen LogP contribution in [0.2, 0.25) is 0 Å². The zero-order chi connectivity index (χ0) is 17.0. The van der Waals surface area contributed by atoms with E-state index < -0.39 is 0 Å². The van der Waals surface area contributed by atoms with Crippen LogP contribution in [-0.4, -0.2) is 47.6 Å². The summed E-state index contributed by atoms with van der Waals surface area (Å²) in [4.78, 5) is 19.9. The van der Waals surface area contributed by atoms with E-state index in [1.54, 1.807) is 0 Å². The summed E-state index contributed by atoms with van der Waals surface area (Å²) in [5.41, 5.74) is 2.96. The monoisotopic (exact) mass is 331 g/mol. The van der Waals surface area contributed by atoms with Crippen molar-refractivity contribution in [2.75, 3.05) is 26.3 Å². The van der Waals surface area contributed by atoms with E-state index in [1.807, 2.05) is 13.1 Å². The predicted molar refractivity (Wildman–Crippen MR) is 93.8 cm³/mol. The van der Waals surface area contributed by atoms with Crippen LogP contribution in [0.1, 0.15) is 48.9 Å². The minimum atomic E-state index is -0.339. The molecule has 5 heteroatoms. The first-order chi connectivity index (χ1) is 11.6. The molecule has 1 aromatic heterocycles. The minimum Gasteiger partial charge on any atom is -0.379 e. The summed E-state index contributed by atoms with van der Waals surface area (Å²) in [6.45, 7) is 7.81. The van der Waals surface area contributed by atoms with E-state index in [9.17, 15) is 4.79 Å². The van der Waals surface area contributed by atoms with Crippen LogP contribution in [0.15, 0.2) is 12.3 Å². The van der Waals surface area contributed by atoms with Gasteiger partial charge in [-0.3, -0.25) is 14.7 Å². The molecule has 1 saturated heterocycles. The molecule has 1 N–H and O–H groups in total. The number of rotatable bonds is 4. The molecule has 24 heavy (non-hydrogen) atoms. The van der Waals surface area contributed by atoms with Gasteiger partial charge in [0.2, 0.25) is 5.91 Å². The molecule has 0 unspecified atom stereocenters. The number of carbonyl (C=O) groups is 1. The Balaban J connectivity index is 1.71. The fourth-order valence-electron chi connectivity index (χ4n) is 4.06. The molecule has 132 valence electrons. The van der Waals surface area contributed by atoms with Gasteiger partial charge >= 0.3 is 0 Å². The quantitative estimate of drug-likeness (QED) is 0.920. The van der Waals surface area contributed by atoms with Crippen molar-refractivity contribution in [3.8, 4) is 0 Å². The Labute approximate surface area is 144 Å². The molecule has 1 aliphatic carbocycles. The smallest absolute Gasteiger partial charge is 0.240 e. The van der Waals surface area contributed by atoms with Gasteiger partial charge in [0, 0.05) is 31.5 Å². The van der Waals surface area contributed by atoms with Crippen LogP contribution in [0.3, 0.4) is 0 Å². The molecular formula is C19H29N3O2. The van der Waals surface area contributed by atoms with E-state index in [0.29, 0.717) is 6.54 Å². The molecule has 0 bridgehead atoms. The molecule has 0 radical (unpaired) electrons. The standard InChI is InChI=1S/C19H29N3O2/c1-15-12-16(2)20-13-17(15)14-21-18(23)19(6-4-3-5-7-19)22-8-10-24-11-9-22/h12-13H,3-11,14H2,1-2H3,(H,21,23). The second-order valence-electron chi connectivity index (χ2n) is 7.13. The SMILES string of the molecule is Cc1cc(C)c(CNC(=O)C2(N3CCOCC3)CCCCC2)cn1. The van der Waals surface area contributed by atoms with Crippen LogP contribution in [0.25, 0.3) is 0 Å². The molecule has 2 fully saturated rings. The van der Waals surface area contributed by atoms with E-state index in [2.05, 4.69) is 28.2 Å². The number of hydrogen-bond donors (Lipinski definition) is 1. The fraction of sp³-hybridized carbons (Fsp3) is 0.684. The van der Waals surface area contributed by atoms with Crippen molar-refractivity contribution in [3.05, 3.63) is 29.1 Å². The molecule has 1 amide bonds. The molecule has 1 saturated carbocycles. The Hall–Kier alpha value is -1.46. The van der Waals surface area contributed by atoms with Crippen molar-refractivity contribution in [2.45, 2.75) is 58.0 Å². The Kier molecular flexibility index (Phi) is 5.51. The normalized spacial score (nSPS) is 21.4. The summed E-state index contributed by atoms with van der Waals surface area (Å²) >= 11 is 0. The number of nitrogens with zero attached hydrogens (tertiary/aromatic N) is 2. The van der Waals surface area contributed by atoms with Gasteiger partial charge in [-0.1, -0.05) is 19.3 Å². The summed E-state index contributed by atoms with van der Waals surface area (Å²) in [6, 6.07) is 2.07. The third kappa shape index (κ3) is 3.62. The number of hydrogen-bond acceptors (Lipinski definition) is 4. The summed E-state index contributed by atoms with van der Waals surface area (Å²) < 4.78 is 5.49. The third-order valence-electron chi connectivity index (χ3n) is 5.52. The number of aromatic nitrogens is 1. The Morgan fingerprint density at radius 1 is 1.25 bits per heavy atom. The molecule has 1 aromatic rings.